The van der Waals surface area contributed by atoms with Gasteiger partial charge in [0.25, 0.3) is 0 Å². The number of hydrogen-bond donors (Lipinski definition) is 1. The molecule has 1 aromatic carbocycles. The molecule has 3 rings (SSSR count). The summed E-state index contributed by atoms with van der Waals surface area (Å²) in [6.07, 6.45) is 0.876. The predicted molar refractivity (Wildman–Crippen MR) is 69.0 cm³/mol. The second-order valence-corrected chi connectivity index (χ2v) is 6.88. The largest absolute Gasteiger partial charge is 0.480 e. The van der Waals surface area contributed by atoms with Gasteiger partial charge in [0.2, 0.25) is 6.79 Å². The Kier molecular flexibility index (Phi) is 2.97. The summed E-state index contributed by atoms with van der Waals surface area (Å²) in [5.74, 6) is 0.324. The molecule has 0 aromatic heterocycles. The number of carboxylic acid groups (broad SMARTS) is 1. The fourth-order valence-electron chi connectivity index (χ4n) is 2.55. The first kappa shape index (κ1) is 12.5. The standard InChI is InChI=1S/C13H14O5S/c1-7-2-8-3-10-11(18-6-17-10)4-9(8)5-12(13(14)15)19(7)16/h3-4,7,12H,2,5-6H2,1H3,(H,14,15)/t7-,12+,19?/m0/s1. The summed E-state index contributed by atoms with van der Waals surface area (Å²) < 4.78 is 22.8. The van der Waals surface area contributed by atoms with Gasteiger partial charge in [-0.05, 0) is 36.1 Å². The SMILES string of the molecule is C[C@H]1Cc2cc3c(cc2C[C@H](C(=O)O)S1=O)OCO3. The molecule has 0 aliphatic carbocycles. The average molecular weight is 282 g/mol. The molecule has 1 N–H and O–H groups in total. The maximum absolute atomic E-state index is 12.2. The van der Waals surface area contributed by atoms with Gasteiger partial charge in [0.05, 0.1) is 0 Å². The third-order valence-electron chi connectivity index (χ3n) is 3.56. The van der Waals surface area contributed by atoms with Gasteiger partial charge in [-0.15, -0.1) is 0 Å². The van der Waals surface area contributed by atoms with Crippen molar-refractivity contribution in [3.05, 3.63) is 23.3 Å². The van der Waals surface area contributed by atoms with Crippen molar-refractivity contribution in [1.29, 1.82) is 0 Å². The van der Waals surface area contributed by atoms with Gasteiger partial charge in [0.15, 0.2) is 11.5 Å². The lowest BCUT2D eigenvalue weighted by molar-refractivity contribution is -0.136. The van der Waals surface area contributed by atoms with E-state index in [2.05, 4.69) is 0 Å². The van der Waals surface area contributed by atoms with Crippen LogP contribution in [0.1, 0.15) is 18.1 Å². The highest BCUT2D eigenvalue weighted by Crippen LogP contribution is 2.37. The molecule has 0 saturated carbocycles. The van der Waals surface area contributed by atoms with Crippen molar-refractivity contribution in [1.82, 2.24) is 0 Å². The molecule has 0 radical (unpaired) electrons. The van der Waals surface area contributed by atoms with Crippen LogP contribution in [0.25, 0.3) is 0 Å². The normalized spacial score (nSPS) is 28.6. The van der Waals surface area contributed by atoms with Crippen LogP contribution < -0.4 is 9.47 Å². The van der Waals surface area contributed by atoms with Gasteiger partial charge in [-0.1, -0.05) is 6.92 Å². The summed E-state index contributed by atoms with van der Waals surface area (Å²) in [5.41, 5.74) is 1.91. The van der Waals surface area contributed by atoms with Crippen molar-refractivity contribution < 1.29 is 23.6 Å². The van der Waals surface area contributed by atoms with Crippen molar-refractivity contribution >= 4 is 16.8 Å². The Labute approximate surface area is 113 Å². The molecule has 0 saturated heterocycles. The van der Waals surface area contributed by atoms with Gasteiger partial charge < -0.3 is 14.6 Å². The molecule has 102 valence electrons. The zero-order valence-corrected chi connectivity index (χ0v) is 11.2. The molecule has 0 fully saturated rings. The van der Waals surface area contributed by atoms with Crippen molar-refractivity contribution in [2.24, 2.45) is 0 Å². The molecule has 1 aromatic rings. The Morgan fingerprint density at radius 1 is 1.26 bits per heavy atom. The monoisotopic (exact) mass is 282 g/mol. The summed E-state index contributed by atoms with van der Waals surface area (Å²) >= 11 is 0. The summed E-state index contributed by atoms with van der Waals surface area (Å²) in [7, 11) is -1.37. The molecule has 19 heavy (non-hydrogen) atoms. The zero-order chi connectivity index (χ0) is 13.6. The van der Waals surface area contributed by atoms with Crippen LogP contribution >= 0.6 is 0 Å². The number of ether oxygens (including phenoxy) is 2. The lowest BCUT2D eigenvalue weighted by atomic mass is 9.98. The number of carboxylic acids is 1. The molecule has 1 unspecified atom stereocenters. The molecule has 0 amide bonds. The second kappa shape index (κ2) is 4.52. The topological polar surface area (TPSA) is 72.8 Å². The van der Waals surface area contributed by atoms with Gasteiger partial charge in [0.1, 0.15) is 5.25 Å². The van der Waals surface area contributed by atoms with Crippen LogP contribution in [0, 0.1) is 0 Å². The van der Waals surface area contributed by atoms with Crippen LogP contribution in [0.4, 0.5) is 0 Å². The number of carbonyl (C=O) groups is 1. The van der Waals surface area contributed by atoms with E-state index in [9.17, 15) is 14.1 Å². The maximum atomic E-state index is 12.2. The first-order chi connectivity index (χ1) is 9.06. The van der Waals surface area contributed by atoms with Crippen LogP contribution in [0.2, 0.25) is 0 Å². The van der Waals surface area contributed by atoms with E-state index in [4.69, 9.17) is 9.47 Å². The Morgan fingerprint density at radius 3 is 2.42 bits per heavy atom. The van der Waals surface area contributed by atoms with E-state index in [1.54, 1.807) is 0 Å². The van der Waals surface area contributed by atoms with Gasteiger partial charge in [-0.25, -0.2) is 0 Å². The zero-order valence-electron chi connectivity index (χ0n) is 10.4. The van der Waals surface area contributed by atoms with Crippen LogP contribution in [0.3, 0.4) is 0 Å². The molecule has 6 heteroatoms. The fourth-order valence-corrected chi connectivity index (χ4v) is 3.99. The van der Waals surface area contributed by atoms with Gasteiger partial charge in [0, 0.05) is 16.0 Å². The second-order valence-electron chi connectivity index (χ2n) is 4.85. The highest BCUT2D eigenvalue weighted by Gasteiger charge is 2.34. The summed E-state index contributed by atoms with van der Waals surface area (Å²) in [6.45, 7) is 2.02. The van der Waals surface area contributed by atoms with E-state index in [0.717, 1.165) is 11.1 Å². The Hall–Kier alpha value is -1.56. The van der Waals surface area contributed by atoms with E-state index in [0.29, 0.717) is 17.9 Å². The minimum absolute atomic E-state index is 0.178. The highest BCUT2D eigenvalue weighted by molar-refractivity contribution is 7.87. The van der Waals surface area contributed by atoms with Crippen molar-refractivity contribution in [2.75, 3.05) is 6.79 Å². The molecule has 0 spiro atoms. The summed E-state index contributed by atoms with van der Waals surface area (Å²) in [5, 5.41) is 8.19. The molecule has 2 heterocycles. The third-order valence-corrected chi connectivity index (χ3v) is 5.45. The van der Waals surface area contributed by atoms with Crippen LogP contribution in [0.15, 0.2) is 12.1 Å². The first-order valence-corrected chi connectivity index (χ1v) is 7.37. The van der Waals surface area contributed by atoms with E-state index in [1.807, 2.05) is 19.1 Å². The average Bonchev–Trinajstić information content (AvgIpc) is 2.76. The number of benzene rings is 1. The third kappa shape index (κ3) is 2.10. The summed E-state index contributed by atoms with van der Waals surface area (Å²) in [4.78, 5) is 11.3. The Balaban J connectivity index is 2.05. The summed E-state index contributed by atoms with van der Waals surface area (Å²) in [6, 6.07) is 3.71. The lowest BCUT2D eigenvalue weighted by Gasteiger charge is -2.12. The van der Waals surface area contributed by atoms with Crippen molar-refractivity contribution in [3.63, 3.8) is 0 Å². The molecule has 2 aliphatic heterocycles. The molecule has 3 atom stereocenters. The quantitative estimate of drug-likeness (QED) is 0.835. The van der Waals surface area contributed by atoms with Crippen LogP contribution in [-0.4, -0.2) is 32.6 Å². The Bertz CT molecular complexity index is 568. The first-order valence-electron chi connectivity index (χ1n) is 6.10. The van der Waals surface area contributed by atoms with Gasteiger partial charge >= 0.3 is 5.97 Å². The van der Waals surface area contributed by atoms with E-state index in [-0.39, 0.29) is 18.5 Å². The number of aliphatic carboxylic acids is 1. The lowest BCUT2D eigenvalue weighted by Crippen LogP contribution is -2.31. The highest BCUT2D eigenvalue weighted by atomic mass is 32.2. The molecule has 5 nitrogen and oxygen atoms in total. The van der Waals surface area contributed by atoms with Gasteiger partial charge in [-0.2, -0.15) is 0 Å². The number of rotatable bonds is 1. The van der Waals surface area contributed by atoms with E-state index in [1.165, 1.54) is 0 Å². The molecular formula is C13H14O5S. The van der Waals surface area contributed by atoms with E-state index >= 15 is 0 Å². The van der Waals surface area contributed by atoms with Crippen LogP contribution in [0.5, 0.6) is 11.5 Å². The number of hydrogen-bond acceptors (Lipinski definition) is 4. The fraction of sp³-hybridized carbons (Fsp3) is 0.462. The molecular weight excluding hydrogens is 268 g/mol. The predicted octanol–water partition coefficient (Wildman–Crippen LogP) is 1.10. The minimum Gasteiger partial charge on any atom is -0.480 e. The maximum Gasteiger partial charge on any atom is 0.319 e. The van der Waals surface area contributed by atoms with Gasteiger partial charge in [-0.3, -0.25) is 9.00 Å². The van der Waals surface area contributed by atoms with Crippen LogP contribution in [-0.2, 0) is 28.4 Å². The molecule has 0 bridgehead atoms. The Morgan fingerprint density at radius 2 is 1.84 bits per heavy atom. The van der Waals surface area contributed by atoms with E-state index < -0.39 is 22.0 Å². The number of fused-ring (bicyclic) bond motifs is 2. The molecule has 2 aliphatic rings. The smallest absolute Gasteiger partial charge is 0.319 e. The van der Waals surface area contributed by atoms with Crippen molar-refractivity contribution in [2.45, 2.75) is 30.3 Å². The van der Waals surface area contributed by atoms with Crippen molar-refractivity contribution in [3.8, 4) is 11.5 Å². The minimum atomic E-state index is -1.37.